The van der Waals surface area contributed by atoms with Crippen LogP contribution in [0.2, 0.25) is 0 Å². The molecule has 2 bridgehead atoms. The molecule has 1 aromatic rings. The molecule has 22 heavy (non-hydrogen) atoms. The maximum absolute atomic E-state index is 6.52. The van der Waals surface area contributed by atoms with Gasteiger partial charge in [0.2, 0.25) is 0 Å². The number of ether oxygens (including phenoxy) is 1. The van der Waals surface area contributed by atoms with E-state index in [1.807, 2.05) is 0 Å². The Labute approximate surface area is 134 Å². The molecule has 0 saturated heterocycles. The summed E-state index contributed by atoms with van der Waals surface area (Å²) < 4.78 is 6.52. The lowest BCUT2D eigenvalue weighted by Gasteiger charge is -2.52. The van der Waals surface area contributed by atoms with Gasteiger partial charge in [-0.3, -0.25) is 0 Å². The molecule has 3 atom stereocenters. The summed E-state index contributed by atoms with van der Waals surface area (Å²) in [7, 11) is 0. The van der Waals surface area contributed by atoms with E-state index in [1.54, 1.807) is 5.57 Å². The zero-order valence-corrected chi connectivity index (χ0v) is 14.0. The smallest absolute Gasteiger partial charge is 0.0721 e. The second-order valence-corrected chi connectivity index (χ2v) is 8.23. The van der Waals surface area contributed by atoms with E-state index in [-0.39, 0.29) is 5.41 Å². The van der Waals surface area contributed by atoms with E-state index in [0.29, 0.717) is 11.5 Å². The molecule has 2 saturated carbocycles. The van der Waals surface area contributed by atoms with Crippen LogP contribution in [-0.2, 0) is 11.3 Å². The van der Waals surface area contributed by atoms with Crippen molar-refractivity contribution in [1.29, 1.82) is 0 Å². The zero-order chi connectivity index (χ0) is 15.2. The molecule has 1 unspecified atom stereocenters. The van der Waals surface area contributed by atoms with E-state index < -0.39 is 0 Å². The van der Waals surface area contributed by atoms with Gasteiger partial charge >= 0.3 is 0 Å². The molecule has 0 aliphatic heterocycles. The second-order valence-electron chi connectivity index (χ2n) is 8.23. The summed E-state index contributed by atoms with van der Waals surface area (Å²) in [5, 5.41) is 0. The summed E-state index contributed by atoms with van der Waals surface area (Å²) in [6.07, 6.45) is 11.2. The highest BCUT2D eigenvalue weighted by atomic mass is 16.5. The Balaban J connectivity index is 1.59. The number of allylic oxidation sites excluding steroid dienone is 1. The molecule has 3 aliphatic carbocycles. The van der Waals surface area contributed by atoms with Crippen molar-refractivity contribution in [3.63, 3.8) is 0 Å². The third-order valence-corrected chi connectivity index (χ3v) is 6.53. The van der Waals surface area contributed by atoms with Gasteiger partial charge in [-0.2, -0.15) is 0 Å². The predicted molar refractivity (Wildman–Crippen MR) is 90.5 cm³/mol. The van der Waals surface area contributed by atoms with Gasteiger partial charge in [0.05, 0.1) is 12.7 Å². The lowest BCUT2D eigenvalue weighted by Crippen LogP contribution is -2.47. The molecule has 3 aliphatic rings. The minimum absolute atomic E-state index is 0.203. The average Bonchev–Trinajstić information content (AvgIpc) is 2.88. The van der Waals surface area contributed by atoms with Crippen molar-refractivity contribution in [3.05, 3.63) is 47.5 Å². The highest BCUT2D eigenvalue weighted by molar-refractivity contribution is 5.32. The molecule has 118 valence electrons. The number of fused-ring (bicyclic) bond motifs is 1. The van der Waals surface area contributed by atoms with Gasteiger partial charge in [0, 0.05) is 5.41 Å². The average molecular weight is 296 g/mol. The first-order valence-corrected chi connectivity index (χ1v) is 8.98. The van der Waals surface area contributed by atoms with Gasteiger partial charge in [-0.05, 0) is 55.4 Å². The van der Waals surface area contributed by atoms with Crippen molar-refractivity contribution in [2.75, 3.05) is 0 Å². The number of rotatable bonds is 3. The molecule has 1 nitrogen and oxygen atoms in total. The highest BCUT2D eigenvalue weighted by Gasteiger charge is 2.57. The fourth-order valence-electron chi connectivity index (χ4n) is 5.73. The third kappa shape index (κ3) is 2.17. The Hall–Kier alpha value is -1.08. The summed E-state index contributed by atoms with van der Waals surface area (Å²) in [6, 6.07) is 10.6. The minimum Gasteiger partial charge on any atom is -0.372 e. The van der Waals surface area contributed by atoms with Crippen molar-refractivity contribution in [3.8, 4) is 0 Å². The summed E-state index contributed by atoms with van der Waals surface area (Å²) in [5.74, 6) is 0.758. The van der Waals surface area contributed by atoms with Crippen LogP contribution in [0.3, 0.4) is 0 Å². The van der Waals surface area contributed by atoms with Crippen molar-refractivity contribution >= 4 is 0 Å². The molecule has 1 heteroatoms. The van der Waals surface area contributed by atoms with Crippen molar-refractivity contribution < 1.29 is 4.74 Å². The molecule has 0 amide bonds. The van der Waals surface area contributed by atoms with Gasteiger partial charge in [-0.15, -0.1) is 0 Å². The van der Waals surface area contributed by atoms with Crippen molar-refractivity contribution in [1.82, 2.24) is 0 Å². The lowest BCUT2D eigenvalue weighted by atomic mass is 9.56. The van der Waals surface area contributed by atoms with Gasteiger partial charge in [0.25, 0.3) is 0 Å². The molecule has 0 heterocycles. The Bertz CT molecular complexity index is 571. The third-order valence-electron chi connectivity index (χ3n) is 6.53. The van der Waals surface area contributed by atoms with Crippen LogP contribution in [0, 0.1) is 16.7 Å². The Morgan fingerprint density at radius 3 is 2.77 bits per heavy atom. The van der Waals surface area contributed by atoms with Crippen LogP contribution in [0.15, 0.2) is 42.0 Å². The summed E-state index contributed by atoms with van der Waals surface area (Å²) in [6.45, 7) is 5.63. The molecule has 1 aromatic carbocycles. The largest absolute Gasteiger partial charge is 0.372 e. The van der Waals surface area contributed by atoms with Gasteiger partial charge in [-0.25, -0.2) is 0 Å². The predicted octanol–water partition coefficient (Wildman–Crippen LogP) is 5.51. The maximum Gasteiger partial charge on any atom is 0.0721 e. The van der Waals surface area contributed by atoms with Crippen LogP contribution < -0.4 is 0 Å². The molecular weight excluding hydrogens is 268 g/mol. The van der Waals surface area contributed by atoms with Gasteiger partial charge in [0.1, 0.15) is 0 Å². The Morgan fingerprint density at radius 1 is 1.14 bits per heavy atom. The second kappa shape index (κ2) is 5.23. The first-order valence-electron chi connectivity index (χ1n) is 8.98. The normalized spacial score (nSPS) is 35.8. The minimum atomic E-state index is 0.203. The molecule has 0 radical (unpaired) electrons. The molecule has 4 rings (SSSR count). The number of hydrogen-bond acceptors (Lipinski definition) is 1. The van der Waals surface area contributed by atoms with Crippen LogP contribution in [0.5, 0.6) is 0 Å². The van der Waals surface area contributed by atoms with Crippen LogP contribution in [0.4, 0.5) is 0 Å². The van der Waals surface area contributed by atoms with Crippen LogP contribution in [-0.4, -0.2) is 6.10 Å². The molecule has 0 N–H and O–H groups in total. The van der Waals surface area contributed by atoms with Crippen molar-refractivity contribution in [2.45, 2.75) is 65.1 Å². The standard InChI is InChI=1S/C21H28O/c1-20(2)18-10-6-7-12-21(18)13-11-17(14-21)19(20)22-15-16-8-4-3-5-9-16/h3-5,8-10,17,19H,6-7,11-15H2,1-2H3/t17-,19?,21+/m0/s1. The fraction of sp³-hybridized carbons (Fsp3) is 0.619. The number of hydrogen-bond donors (Lipinski definition) is 0. The molecule has 0 aromatic heterocycles. The van der Waals surface area contributed by atoms with Gasteiger partial charge < -0.3 is 4.74 Å². The summed E-state index contributed by atoms with van der Waals surface area (Å²) >= 11 is 0. The summed E-state index contributed by atoms with van der Waals surface area (Å²) in [5.41, 5.74) is 3.78. The highest BCUT2D eigenvalue weighted by Crippen LogP contribution is 2.64. The van der Waals surface area contributed by atoms with E-state index in [0.717, 1.165) is 12.5 Å². The Kier molecular flexibility index (Phi) is 3.45. The van der Waals surface area contributed by atoms with E-state index in [9.17, 15) is 0 Å². The van der Waals surface area contributed by atoms with E-state index in [4.69, 9.17) is 4.74 Å². The SMILES string of the molecule is CC1(C)C2=CCCC[C@]23CC[C@@H](C3)C1OCc1ccccc1. The van der Waals surface area contributed by atoms with Gasteiger partial charge in [-0.1, -0.05) is 55.8 Å². The molecule has 1 spiro atoms. The Morgan fingerprint density at radius 2 is 1.95 bits per heavy atom. The number of benzene rings is 1. The fourth-order valence-corrected chi connectivity index (χ4v) is 5.73. The van der Waals surface area contributed by atoms with Crippen molar-refractivity contribution in [2.24, 2.45) is 16.7 Å². The monoisotopic (exact) mass is 296 g/mol. The lowest BCUT2D eigenvalue weighted by molar-refractivity contribution is -0.0791. The van der Waals surface area contributed by atoms with Crippen LogP contribution >= 0.6 is 0 Å². The zero-order valence-electron chi connectivity index (χ0n) is 14.0. The molecular formula is C21H28O. The first-order chi connectivity index (χ1) is 10.6. The van der Waals surface area contributed by atoms with E-state index in [1.165, 1.54) is 44.1 Å². The topological polar surface area (TPSA) is 9.23 Å². The molecule has 2 fully saturated rings. The van der Waals surface area contributed by atoms with Gasteiger partial charge in [0.15, 0.2) is 0 Å². The maximum atomic E-state index is 6.52. The van der Waals surface area contributed by atoms with Crippen LogP contribution in [0.1, 0.15) is 57.9 Å². The quantitative estimate of drug-likeness (QED) is 0.668. The van der Waals surface area contributed by atoms with E-state index >= 15 is 0 Å². The van der Waals surface area contributed by atoms with Crippen LogP contribution in [0.25, 0.3) is 0 Å². The first kappa shape index (κ1) is 14.5. The van der Waals surface area contributed by atoms with E-state index in [2.05, 4.69) is 50.3 Å². The summed E-state index contributed by atoms with van der Waals surface area (Å²) in [4.78, 5) is 0.